The van der Waals surface area contributed by atoms with E-state index < -0.39 is 14.6 Å². The van der Waals surface area contributed by atoms with E-state index in [4.69, 9.17) is 4.74 Å². The maximum atomic E-state index is 11.3. The lowest BCUT2D eigenvalue weighted by Gasteiger charge is -2.06. The highest BCUT2D eigenvalue weighted by molar-refractivity contribution is 8.00. The van der Waals surface area contributed by atoms with Gasteiger partial charge in [0.15, 0.2) is 9.84 Å². The smallest absolute Gasteiger partial charge is 0.158 e. The molecule has 0 radical (unpaired) electrons. The van der Waals surface area contributed by atoms with Gasteiger partial charge in [0.05, 0.1) is 23.4 Å². The Balaban J connectivity index is 1.82. The summed E-state index contributed by atoms with van der Waals surface area (Å²) in [6, 6.07) is 9.95. The van der Waals surface area contributed by atoms with Crippen LogP contribution in [0.15, 0.2) is 36.6 Å². The number of sulfone groups is 1. The van der Waals surface area contributed by atoms with Crippen LogP contribution in [0.4, 0.5) is 0 Å². The van der Waals surface area contributed by atoms with Gasteiger partial charge in [-0.15, -0.1) is 0 Å². The minimum atomic E-state index is -2.81. The predicted octanol–water partition coefficient (Wildman–Crippen LogP) is 2.64. The van der Waals surface area contributed by atoms with Gasteiger partial charge in [-0.05, 0) is 25.0 Å². The van der Waals surface area contributed by atoms with E-state index in [9.17, 15) is 8.42 Å². The summed E-state index contributed by atoms with van der Waals surface area (Å²) < 4.78 is 27.4. The lowest BCUT2D eigenvalue weighted by Crippen LogP contribution is -2.10. The second-order valence-corrected chi connectivity index (χ2v) is 7.50. The molecule has 18 heavy (non-hydrogen) atoms. The fourth-order valence-electron chi connectivity index (χ4n) is 1.83. The highest BCUT2D eigenvalue weighted by Crippen LogP contribution is 2.39. The number of hydrogen-bond acceptors (Lipinski definition) is 3. The molecule has 2 rings (SSSR count). The van der Waals surface area contributed by atoms with Crippen molar-refractivity contribution in [2.75, 3.05) is 12.4 Å². The molecule has 98 valence electrons. The van der Waals surface area contributed by atoms with E-state index in [-0.39, 0.29) is 0 Å². The number of benzene rings is 1. The average Bonchev–Trinajstić information content (AvgIpc) is 2.85. The molecular formula is C14H18O3S. The van der Waals surface area contributed by atoms with Crippen molar-refractivity contribution in [2.45, 2.75) is 25.0 Å². The van der Waals surface area contributed by atoms with E-state index in [0.717, 1.165) is 11.1 Å². The Morgan fingerprint density at radius 1 is 1.39 bits per heavy atom. The standard InChI is InChI=1S/C14H18O3S/c1-12(13-6-4-3-5-7-13)10-17-9-8-14(2)11-18(14,15)16/h3-7,10H,8-9,11H2,1-2H3/b12-10-. The van der Waals surface area contributed by atoms with Crippen molar-refractivity contribution in [1.29, 1.82) is 0 Å². The van der Waals surface area contributed by atoms with E-state index in [1.165, 1.54) is 0 Å². The van der Waals surface area contributed by atoms with Gasteiger partial charge >= 0.3 is 0 Å². The van der Waals surface area contributed by atoms with Gasteiger partial charge in [0.1, 0.15) is 0 Å². The van der Waals surface area contributed by atoms with Crippen molar-refractivity contribution in [1.82, 2.24) is 0 Å². The monoisotopic (exact) mass is 266 g/mol. The van der Waals surface area contributed by atoms with E-state index in [1.807, 2.05) is 37.3 Å². The van der Waals surface area contributed by atoms with Crippen molar-refractivity contribution in [2.24, 2.45) is 0 Å². The van der Waals surface area contributed by atoms with Gasteiger partial charge in [-0.25, -0.2) is 8.42 Å². The van der Waals surface area contributed by atoms with Crippen molar-refractivity contribution in [3.05, 3.63) is 42.2 Å². The molecule has 1 aliphatic heterocycles. The van der Waals surface area contributed by atoms with Crippen LogP contribution in [0.1, 0.15) is 25.8 Å². The molecule has 0 aromatic heterocycles. The van der Waals surface area contributed by atoms with Crippen LogP contribution in [0.25, 0.3) is 5.57 Å². The maximum Gasteiger partial charge on any atom is 0.158 e. The quantitative estimate of drug-likeness (QED) is 0.467. The summed E-state index contributed by atoms with van der Waals surface area (Å²) in [5.41, 5.74) is 2.15. The summed E-state index contributed by atoms with van der Waals surface area (Å²) in [6.07, 6.45) is 2.27. The molecule has 1 atom stereocenters. The normalized spacial score (nSPS) is 25.8. The summed E-state index contributed by atoms with van der Waals surface area (Å²) >= 11 is 0. The summed E-state index contributed by atoms with van der Waals surface area (Å²) in [5, 5.41) is 0. The minimum absolute atomic E-state index is 0.296. The highest BCUT2D eigenvalue weighted by atomic mass is 32.2. The Bertz CT molecular complexity index is 546. The third-order valence-electron chi connectivity index (χ3n) is 3.40. The molecule has 0 spiro atoms. The SMILES string of the molecule is C/C(=C/OCCC1(C)CS1(=O)=O)c1ccccc1. The van der Waals surface area contributed by atoms with Crippen LogP contribution < -0.4 is 0 Å². The van der Waals surface area contributed by atoms with Crippen molar-refractivity contribution in [3.8, 4) is 0 Å². The zero-order valence-electron chi connectivity index (χ0n) is 10.7. The number of rotatable bonds is 5. The summed E-state index contributed by atoms with van der Waals surface area (Å²) in [5.74, 6) is 0.296. The van der Waals surface area contributed by atoms with E-state index in [1.54, 1.807) is 13.2 Å². The molecule has 0 aliphatic carbocycles. The Labute approximate surface area is 108 Å². The molecule has 3 nitrogen and oxygen atoms in total. The van der Waals surface area contributed by atoms with Gasteiger partial charge < -0.3 is 4.74 Å². The van der Waals surface area contributed by atoms with E-state index in [2.05, 4.69) is 0 Å². The highest BCUT2D eigenvalue weighted by Gasteiger charge is 2.56. The first-order valence-electron chi connectivity index (χ1n) is 6.01. The van der Waals surface area contributed by atoms with Gasteiger partial charge in [-0.1, -0.05) is 30.3 Å². The van der Waals surface area contributed by atoms with Crippen LogP contribution in [0, 0.1) is 0 Å². The summed E-state index contributed by atoms with van der Waals surface area (Å²) in [4.78, 5) is 0. The molecule has 1 aromatic rings. The Morgan fingerprint density at radius 2 is 2.00 bits per heavy atom. The molecule has 0 N–H and O–H groups in total. The summed E-state index contributed by atoms with van der Waals surface area (Å²) in [6.45, 7) is 4.20. The van der Waals surface area contributed by atoms with E-state index >= 15 is 0 Å². The molecule has 0 bridgehead atoms. The van der Waals surface area contributed by atoms with E-state index in [0.29, 0.717) is 18.8 Å². The Kier molecular flexibility index (Phi) is 3.48. The molecule has 1 saturated heterocycles. The molecule has 4 heteroatoms. The largest absolute Gasteiger partial charge is 0.501 e. The zero-order chi connectivity index (χ0) is 13.2. The van der Waals surface area contributed by atoms with Crippen LogP contribution in [-0.2, 0) is 14.6 Å². The molecule has 1 fully saturated rings. The molecular weight excluding hydrogens is 248 g/mol. The van der Waals surface area contributed by atoms with Crippen LogP contribution in [-0.4, -0.2) is 25.5 Å². The molecule has 1 aliphatic rings. The second kappa shape index (κ2) is 4.76. The lowest BCUT2D eigenvalue weighted by atomic mass is 10.1. The topological polar surface area (TPSA) is 43.4 Å². The molecule has 0 amide bonds. The minimum Gasteiger partial charge on any atom is -0.501 e. The predicted molar refractivity (Wildman–Crippen MR) is 72.9 cm³/mol. The number of ether oxygens (including phenoxy) is 1. The van der Waals surface area contributed by atoms with Crippen molar-refractivity contribution < 1.29 is 13.2 Å². The first kappa shape index (κ1) is 13.1. The second-order valence-electron chi connectivity index (χ2n) is 5.00. The number of allylic oxidation sites excluding steroid dienone is 1. The fourth-order valence-corrected chi connectivity index (χ4v) is 3.40. The van der Waals surface area contributed by atoms with Crippen molar-refractivity contribution in [3.63, 3.8) is 0 Å². The van der Waals surface area contributed by atoms with Gasteiger partial charge in [-0.3, -0.25) is 0 Å². The first-order valence-corrected chi connectivity index (χ1v) is 7.66. The number of hydrogen-bond donors (Lipinski definition) is 0. The van der Waals surface area contributed by atoms with Gasteiger partial charge in [-0.2, -0.15) is 0 Å². The maximum absolute atomic E-state index is 11.3. The van der Waals surface area contributed by atoms with Crippen LogP contribution in [0.5, 0.6) is 0 Å². The Hall–Kier alpha value is -1.29. The van der Waals surface area contributed by atoms with Crippen LogP contribution in [0.3, 0.4) is 0 Å². The zero-order valence-corrected chi connectivity index (χ0v) is 11.5. The first-order chi connectivity index (χ1) is 8.45. The molecule has 1 heterocycles. The third-order valence-corrected chi connectivity index (χ3v) is 5.91. The molecule has 0 saturated carbocycles. The van der Waals surface area contributed by atoms with Gasteiger partial charge in [0.25, 0.3) is 0 Å². The summed E-state index contributed by atoms with van der Waals surface area (Å²) in [7, 11) is -2.81. The lowest BCUT2D eigenvalue weighted by molar-refractivity contribution is 0.239. The molecule has 1 unspecified atom stereocenters. The van der Waals surface area contributed by atoms with Crippen molar-refractivity contribution >= 4 is 15.4 Å². The average molecular weight is 266 g/mol. The van der Waals surface area contributed by atoms with Crippen LogP contribution in [0.2, 0.25) is 0 Å². The van der Waals surface area contributed by atoms with Gasteiger partial charge in [0.2, 0.25) is 0 Å². The van der Waals surface area contributed by atoms with Crippen LogP contribution >= 0.6 is 0 Å². The Morgan fingerprint density at radius 3 is 2.56 bits per heavy atom. The molecule has 1 aromatic carbocycles. The fraction of sp³-hybridized carbons (Fsp3) is 0.429. The van der Waals surface area contributed by atoms with Gasteiger partial charge in [0, 0.05) is 6.42 Å². The third kappa shape index (κ3) is 2.75.